The van der Waals surface area contributed by atoms with Crippen molar-refractivity contribution >= 4 is 16.3 Å². The number of carbonyl (C=O) groups is 1. The summed E-state index contributed by atoms with van der Waals surface area (Å²) in [5.74, 6) is -16.7. The normalized spacial score (nSPS) is 25.4. The van der Waals surface area contributed by atoms with Crippen molar-refractivity contribution in [2.24, 2.45) is 23.2 Å². The lowest BCUT2D eigenvalue weighted by Crippen LogP contribution is -2.50. The van der Waals surface area contributed by atoms with Crippen LogP contribution in [0.2, 0.25) is 0 Å². The number of benzene rings is 3. The second-order valence-electron chi connectivity index (χ2n) is 11.2. The molecule has 0 saturated heterocycles. The molecule has 4 fully saturated rings. The number of carbonyl (C=O) groups excluding carboxylic acids is 1. The smallest absolute Gasteiger partial charge is 0.323 e. The first-order valence-corrected chi connectivity index (χ1v) is 14.4. The van der Waals surface area contributed by atoms with E-state index in [1.54, 1.807) is 0 Å². The van der Waals surface area contributed by atoms with E-state index in [9.17, 15) is 18.0 Å². The highest BCUT2D eigenvalue weighted by molar-refractivity contribution is 8.30. The monoisotopic (exact) mass is 604 g/mol. The lowest BCUT2D eigenvalue weighted by molar-refractivity contribution is -0.160. The van der Waals surface area contributed by atoms with E-state index in [1.807, 2.05) is 0 Å². The summed E-state index contributed by atoms with van der Waals surface area (Å²) in [4.78, 5) is 9.45. The number of rotatable bonds is 5. The molecule has 0 spiro atoms. The first-order valence-electron chi connectivity index (χ1n) is 12.8. The SMILES string of the molecule is O=C(OS(c1c(F)cc(F)cc1F)(c1c(F)cc(F)cc1F)c1c(F)cc(F)cc1F)C12CC3CC(CC(C3)C1)C2. The van der Waals surface area contributed by atoms with Crippen LogP contribution in [-0.4, -0.2) is 5.97 Å². The Morgan fingerprint density at radius 1 is 0.561 bits per heavy atom. The molecule has 3 aromatic rings. The Morgan fingerprint density at radius 3 is 1.10 bits per heavy atom. The Kier molecular flexibility index (Phi) is 6.63. The zero-order chi connectivity index (χ0) is 29.4. The summed E-state index contributed by atoms with van der Waals surface area (Å²) in [5, 5.41) is 0. The van der Waals surface area contributed by atoms with Gasteiger partial charge in [-0.2, -0.15) is 0 Å². The van der Waals surface area contributed by atoms with E-state index >= 15 is 26.3 Å². The van der Waals surface area contributed by atoms with Crippen LogP contribution in [0.1, 0.15) is 38.5 Å². The second kappa shape index (κ2) is 9.71. The van der Waals surface area contributed by atoms with Gasteiger partial charge >= 0.3 is 5.97 Å². The molecule has 0 atom stereocenters. The molecule has 0 radical (unpaired) electrons. The van der Waals surface area contributed by atoms with Gasteiger partial charge in [0, 0.05) is 46.7 Å². The Labute approximate surface area is 230 Å². The molecule has 0 N–H and O–H groups in total. The Bertz CT molecular complexity index is 1350. The minimum absolute atomic E-state index is 0.0807. The zero-order valence-corrected chi connectivity index (χ0v) is 21.9. The topological polar surface area (TPSA) is 26.3 Å². The van der Waals surface area contributed by atoms with E-state index in [2.05, 4.69) is 0 Å². The molecule has 0 heterocycles. The van der Waals surface area contributed by atoms with Gasteiger partial charge in [-0.1, -0.05) is 0 Å². The molecular weight excluding hydrogens is 583 g/mol. The van der Waals surface area contributed by atoms with Gasteiger partial charge in [0.15, 0.2) is 0 Å². The third kappa shape index (κ3) is 4.40. The van der Waals surface area contributed by atoms with Gasteiger partial charge in [-0.3, -0.25) is 4.79 Å². The standard InChI is InChI=1S/C29H21F9O2S/c30-16-4-19(33)25(20(34)5-16)41(26-21(35)6-17(31)7-22(26)36,27-23(37)8-18(32)9-24(27)38)40-28(39)29-10-13-1-14(11-29)3-15(2-13)12-29/h4-9,13-15H,1-3,10-12H2. The van der Waals surface area contributed by atoms with E-state index in [-0.39, 0.29) is 73.4 Å². The van der Waals surface area contributed by atoms with Crippen LogP contribution in [0, 0.1) is 75.5 Å². The van der Waals surface area contributed by atoms with Crippen molar-refractivity contribution in [3.8, 4) is 0 Å². The molecule has 0 aliphatic heterocycles. The highest BCUT2D eigenvalue weighted by atomic mass is 32.3. The quantitative estimate of drug-likeness (QED) is 0.272. The van der Waals surface area contributed by atoms with Crippen LogP contribution in [0.4, 0.5) is 39.5 Å². The molecule has 0 unspecified atom stereocenters. The van der Waals surface area contributed by atoms with Crippen LogP contribution in [0.25, 0.3) is 0 Å². The van der Waals surface area contributed by atoms with Crippen molar-refractivity contribution in [1.29, 1.82) is 0 Å². The molecule has 4 bridgehead atoms. The third-order valence-corrected chi connectivity index (χ3v) is 11.7. The highest BCUT2D eigenvalue weighted by Gasteiger charge is 2.58. The maximum atomic E-state index is 15.6. The maximum absolute atomic E-state index is 15.6. The van der Waals surface area contributed by atoms with Gasteiger partial charge in [-0.15, -0.1) is 0 Å². The maximum Gasteiger partial charge on any atom is 0.323 e. The van der Waals surface area contributed by atoms with Crippen LogP contribution < -0.4 is 0 Å². The highest BCUT2D eigenvalue weighted by Crippen LogP contribution is 2.74. The molecular formula is C29H21F9O2S. The number of hydrogen-bond acceptors (Lipinski definition) is 2. The van der Waals surface area contributed by atoms with E-state index in [1.165, 1.54) is 0 Å². The first kappa shape index (κ1) is 28.0. The van der Waals surface area contributed by atoms with Gasteiger partial charge in [0.25, 0.3) is 0 Å². The second-order valence-corrected chi connectivity index (χ2v) is 13.7. The van der Waals surface area contributed by atoms with Gasteiger partial charge in [0.05, 0.1) is 5.41 Å². The number of hydrogen-bond donors (Lipinski definition) is 0. The molecule has 0 amide bonds. The molecule has 3 aromatic carbocycles. The first-order chi connectivity index (χ1) is 19.3. The van der Waals surface area contributed by atoms with Gasteiger partial charge in [0.1, 0.15) is 67.0 Å². The lowest BCUT2D eigenvalue weighted by Gasteiger charge is -2.56. The minimum Gasteiger partial charge on any atom is -0.401 e. The van der Waals surface area contributed by atoms with Crippen LogP contribution in [0.15, 0.2) is 51.1 Å². The molecule has 4 saturated carbocycles. The van der Waals surface area contributed by atoms with Crippen molar-refractivity contribution < 1.29 is 48.5 Å². The number of halogens is 9. The Balaban J connectivity index is 1.69. The molecule has 4 aliphatic rings. The molecule has 0 aromatic heterocycles. The summed E-state index contributed by atoms with van der Waals surface area (Å²) in [5.41, 5.74) is -1.29. The molecule has 12 heteroatoms. The van der Waals surface area contributed by atoms with Gasteiger partial charge in [0.2, 0.25) is 0 Å². The van der Waals surface area contributed by atoms with Crippen molar-refractivity contribution in [2.45, 2.75) is 53.2 Å². The molecule has 218 valence electrons. The molecule has 4 aliphatic carbocycles. The Morgan fingerprint density at radius 2 is 0.829 bits per heavy atom. The van der Waals surface area contributed by atoms with E-state index in [0.717, 1.165) is 19.3 Å². The fourth-order valence-corrected chi connectivity index (χ4v) is 10.7. The van der Waals surface area contributed by atoms with Crippen LogP contribution in [0.3, 0.4) is 0 Å². The summed E-state index contributed by atoms with van der Waals surface area (Å²) in [6, 6.07) is 0.484. The fourth-order valence-electron chi connectivity index (χ4n) is 7.40. The summed E-state index contributed by atoms with van der Waals surface area (Å²) in [6.07, 6.45) is 3.29. The van der Waals surface area contributed by atoms with Gasteiger partial charge < -0.3 is 4.18 Å². The van der Waals surface area contributed by atoms with Gasteiger partial charge in [-0.25, -0.2) is 39.5 Å². The van der Waals surface area contributed by atoms with Crippen LogP contribution in [0.5, 0.6) is 0 Å². The van der Waals surface area contributed by atoms with E-state index in [0.29, 0.717) is 0 Å². The average molecular weight is 605 g/mol. The summed E-state index contributed by atoms with van der Waals surface area (Å²) in [7, 11) is -5.16. The lowest BCUT2D eigenvalue weighted by atomic mass is 9.49. The summed E-state index contributed by atoms with van der Waals surface area (Å²) < 4.78 is 141. The molecule has 2 nitrogen and oxygen atoms in total. The van der Waals surface area contributed by atoms with Crippen molar-refractivity contribution in [1.82, 2.24) is 0 Å². The van der Waals surface area contributed by atoms with Gasteiger partial charge in [-0.05, 0) is 56.3 Å². The van der Waals surface area contributed by atoms with E-state index in [4.69, 9.17) is 4.18 Å². The third-order valence-electron chi connectivity index (χ3n) is 8.42. The average Bonchev–Trinajstić information content (AvgIpc) is 2.81. The summed E-state index contributed by atoms with van der Waals surface area (Å²) in [6.45, 7) is 0. The van der Waals surface area contributed by atoms with Crippen LogP contribution in [-0.2, 0) is 8.98 Å². The predicted octanol–water partition coefficient (Wildman–Crippen LogP) is 8.89. The zero-order valence-electron chi connectivity index (χ0n) is 21.1. The molecule has 41 heavy (non-hydrogen) atoms. The van der Waals surface area contributed by atoms with Crippen LogP contribution >= 0.6 is 10.3 Å². The molecule has 7 rings (SSSR count). The van der Waals surface area contributed by atoms with Crippen molar-refractivity contribution in [2.75, 3.05) is 0 Å². The van der Waals surface area contributed by atoms with Crippen molar-refractivity contribution in [3.63, 3.8) is 0 Å². The predicted molar refractivity (Wildman–Crippen MR) is 128 cm³/mol. The minimum atomic E-state index is -5.16. The fraction of sp³-hybridized carbons (Fsp3) is 0.345. The summed E-state index contributed by atoms with van der Waals surface area (Å²) >= 11 is 0. The van der Waals surface area contributed by atoms with E-state index < -0.39 is 88.7 Å². The Hall–Kier alpha value is -3.15. The van der Waals surface area contributed by atoms with Crippen molar-refractivity contribution in [3.05, 3.63) is 88.8 Å². The largest absolute Gasteiger partial charge is 0.401 e.